The Bertz CT molecular complexity index is 520. The monoisotopic (exact) mass is 258 g/mol. The lowest BCUT2D eigenvalue weighted by atomic mass is 10.1. The molecular weight excluding hydrogens is 238 g/mol. The topological polar surface area (TPSA) is 39.0 Å². The summed E-state index contributed by atoms with van der Waals surface area (Å²) in [4.78, 5) is 0. The van der Waals surface area contributed by atoms with E-state index < -0.39 is 0 Å². The van der Waals surface area contributed by atoms with Crippen LogP contribution >= 0.6 is 0 Å². The first kappa shape index (κ1) is 12.3. The lowest BCUT2D eigenvalue weighted by Gasteiger charge is -2.07. The number of aryl methyl sites for hydroxylation is 2. The van der Waals surface area contributed by atoms with E-state index >= 15 is 0 Å². The number of ether oxygens (including phenoxy) is 1. The van der Waals surface area contributed by atoms with Crippen molar-refractivity contribution in [2.75, 3.05) is 13.2 Å². The van der Waals surface area contributed by atoms with Crippen molar-refractivity contribution in [3.8, 4) is 5.75 Å². The average Bonchev–Trinajstić information content (AvgIpc) is 3.08. The molecule has 0 saturated heterocycles. The molecule has 1 aliphatic rings. The van der Waals surface area contributed by atoms with Crippen molar-refractivity contribution in [3.05, 3.63) is 53.5 Å². The highest BCUT2D eigenvalue weighted by Crippen LogP contribution is 2.25. The zero-order chi connectivity index (χ0) is 12.9. The fourth-order valence-corrected chi connectivity index (χ4v) is 2.57. The van der Waals surface area contributed by atoms with Crippen molar-refractivity contribution in [2.45, 2.75) is 25.8 Å². The average molecular weight is 258 g/mol. The first-order chi connectivity index (χ1) is 9.42. The van der Waals surface area contributed by atoms with E-state index in [1.165, 1.54) is 30.4 Å². The van der Waals surface area contributed by atoms with E-state index in [9.17, 15) is 0 Å². The van der Waals surface area contributed by atoms with Crippen LogP contribution < -0.4 is 10.1 Å². The molecule has 0 atom stereocenters. The number of fused-ring (bicyclic) bond motifs is 1. The molecule has 1 heterocycles. The molecule has 100 valence electrons. The number of quaternary nitrogens is 1. The normalized spacial score (nSPS) is 13.5. The first-order valence-electron chi connectivity index (χ1n) is 7.00. The third-order valence-electron chi connectivity index (χ3n) is 3.59. The summed E-state index contributed by atoms with van der Waals surface area (Å²) < 4.78 is 11.1. The third-order valence-corrected chi connectivity index (χ3v) is 3.59. The van der Waals surface area contributed by atoms with E-state index in [1.54, 1.807) is 6.26 Å². The number of rotatable bonds is 6. The Morgan fingerprint density at radius 3 is 3.00 bits per heavy atom. The summed E-state index contributed by atoms with van der Waals surface area (Å²) in [5.74, 6) is 2.02. The Morgan fingerprint density at radius 2 is 2.11 bits per heavy atom. The number of hydrogen-bond acceptors (Lipinski definition) is 2. The number of furan rings is 1. The molecule has 2 aromatic rings. The maximum absolute atomic E-state index is 5.79. The third kappa shape index (κ3) is 3.18. The standard InChI is InChI=1S/C16H19NO2/c1-3-13-6-7-15(11-14(13)4-1)19-10-8-17-12-16-5-2-9-18-16/h2,5-7,9,11,17H,1,3-4,8,10,12H2/p+1. The van der Waals surface area contributed by atoms with Crippen LogP contribution in [0.3, 0.4) is 0 Å². The molecule has 3 rings (SSSR count). The summed E-state index contributed by atoms with van der Waals surface area (Å²) in [6, 6.07) is 10.4. The Balaban J connectivity index is 1.40. The molecule has 3 heteroatoms. The highest BCUT2D eigenvalue weighted by molar-refractivity contribution is 5.38. The quantitative estimate of drug-likeness (QED) is 0.804. The van der Waals surface area contributed by atoms with Gasteiger partial charge in [0.2, 0.25) is 0 Å². The van der Waals surface area contributed by atoms with Crippen molar-refractivity contribution in [1.82, 2.24) is 0 Å². The van der Waals surface area contributed by atoms with Gasteiger partial charge in [-0.1, -0.05) is 6.07 Å². The molecule has 0 amide bonds. The van der Waals surface area contributed by atoms with Gasteiger partial charge in [0.1, 0.15) is 25.4 Å². The molecule has 0 spiro atoms. The number of nitrogens with two attached hydrogens (primary N) is 1. The van der Waals surface area contributed by atoms with Crippen molar-refractivity contribution < 1.29 is 14.5 Å². The molecule has 0 radical (unpaired) electrons. The predicted molar refractivity (Wildman–Crippen MR) is 73.2 cm³/mol. The zero-order valence-corrected chi connectivity index (χ0v) is 11.1. The van der Waals surface area contributed by atoms with Gasteiger partial charge in [-0.05, 0) is 54.7 Å². The van der Waals surface area contributed by atoms with Gasteiger partial charge in [0.15, 0.2) is 5.76 Å². The summed E-state index contributed by atoms with van der Waals surface area (Å²) in [5.41, 5.74) is 2.97. The van der Waals surface area contributed by atoms with Crippen LogP contribution in [-0.2, 0) is 19.4 Å². The Labute approximate surface area is 113 Å². The molecule has 0 unspecified atom stereocenters. The molecule has 0 bridgehead atoms. The fourth-order valence-electron chi connectivity index (χ4n) is 2.57. The number of benzene rings is 1. The van der Waals surface area contributed by atoms with Gasteiger partial charge < -0.3 is 14.5 Å². The van der Waals surface area contributed by atoms with E-state index in [-0.39, 0.29) is 0 Å². The van der Waals surface area contributed by atoms with Gasteiger partial charge in [0.25, 0.3) is 0 Å². The Kier molecular flexibility index (Phi) is 3.84. The van der Waals surface area contributed by atoms with Gasteiger partial charge >= 0.3 is 0 Å². The maximum atomic E-state index is 5.79. The lowest BCUT2D eigenvalue weighted by Crippen LogP contribution is -2.83. The van der Waals surface area contributed by atoms with Crippen molar-refractivity contribution >= 4 is 0 Å². The molecule has 0 aliphatic heterocycles. The minimum absolute atomic E-state index is 0.736. The molecule has 1 aromatic heterocycles. The molecule has 2 N–H and O–H groups in total. The van der Waals surface area contributed by atoms with E-state index in [4.69, 9.17) is 9.15 Å². The highest BCUT2D eigenvalue weighted by atomic mass is 16.5. The second-order valence-electron chi connectivity index (χ2n) is 4.99. The van der Waals surface area contributed by atoms with Crippen molar-refractivity contribution in [2.24, 2.45) is 0 Å². The second-order valence-corrected chi connectivity index (χ2v) is 4.99. The fraction of sp³-hybridized carbons (Fsp3) is 0.375. The van der Waals surface area contributed by atoms with Crippen molar-refractivity contribution in [3.63, 3.8) is 0 Å². The SMILES string of the molecule is c1coc(C[NH2+]CCOc2ccc3c(c2)CCC3)c1. The Hall–Kier alpha value is -1.74. The molecule has 1 aromatic carbocycles. The molecule has 0 saturated carbocycles. The van der Waals surface area contributed by atoms with Crippen LogP contribution in [0.4, 0.5) is 0 Å². The van der Waals surface area contributed by atoms with Gasteiger partial charge in [-0.25, -0.2) is 0 Å². The zero-order valence-electron chi connectivity index (χ0n) is 11.1. The molecular formula is C16H20NO2+. The predicted octanol–water partition coefficient (Wildman–Crippen LogP) is 1.91. The summed E-state index contributed by atoms with van der Waals surface area (Å²) in [5, 5.41) is 2.20. The highest BCUT2D eigenvalue weighted by Gasteiger charge is 2.11. The van der Waals surface area contributed by atoms with Crippen LogP contribution in [0.1, 0.15) is 23.3 Å². The van der Waals surface area contributed by atoms with E-state index in [0.29, 0.717) is 0 Å². The van der Waals surface area contributed by atoms with Crippen molar-refractivity contribution in [1.29, 1.82) is 0 Å². The van der Waals surface area contributed by atoms with E-state index in [1.807, 2.05) is 12.1 Å². The second kappa shape index (κ2) is 5.93. The van der Waals surface area contributed by atoms with Gasteiger partial charge in [0.05, 0.1) is 6.26 Å². The summed E-state index contributed by atoms with van der Waals surface area (Å²) >= 11 is 0. The minimum atomic E-state index is 0.736. The van der Waals surface area contributed by atoms with Gasteiger partial charge in [-0.3, -0.25) is 0 Å². The summed E-state index contributed by atoms with van der Waals surface area (Å²) in [7, 11) is 0. The first-order valence-corrected chi connectivity index (χ1v) is 7.00. The molecule has 3 nitrogen and oxygen atoms in total. The lowest BCUT2D eigenvalue weighted by molar-refractivity contribution is -0.672. The largest absolute Gasteiger partial charge is 0.488 e. The minimum Gasteiger partial charge on any atom is -0.488 e. The smallest absolute Gasteiger partial charge is 0.157 e. The molecule has 19 heavy (non-hydrogen) atoms. The van der Waals surface area contributed by atoms with Gasteiger partial charge in [-0.15, -0.1) is 0 Å². The van der Waals surface area contributed by atoms with Crippen LogP contribution in [0.2, 0.25) is 0 Å². The van der Waals surface area contributed by atoms with E-state index in [2.05, 4.69) is 23.5 Å². The van der Waals surface area contributed by atoms with Crippen LogP contribution in [0.25, 0.3) is 0 Å². The van der Waals surface area contributed by atoms with Crippen LogP contribution in [0, 0.1) is 0 Å². The van der Waals surface area contributed by atoms with Crippen LogP contribution in [0.5, 0.6) is 5.75 Å². The van der Waals surface area contributed by atoms with Gasteiger partial charge in [0, 0.05) is 0 Å². The van der Waals surface area contributed by atoms with Crippen LogP contribution in [0.15, 0.2) is 41.0 Å². The molecule has 1 aliphatic carbocycles. The summed E-state index contributed by atoms with van der Waals surface area (Å²) in [6.07, 6.45) is 5.43. The van der Waals surface area contributed by atoms with Crippen LogP contribution in [-0.4, -0.2) is 13.2 Å². The molecule has 0 fully saturated rings. The Morgan fingerprint density at radius 1 is 1.16 bits per heavy atom. The summed E-state index contributed by atoms with van der Waals surface area (Å²) in [6.45, 7) is 2.55. The van der Waals surface area contributed by atoms with E-state index in [0.717, 1.165) is 31.2 Å². The maximum Gasteiger partial charge on any atom is 0.157 e. The number of hydrogen-bond donors (Lipinski definition) is 1. The van der Waals surface area contributed by atoms with Gasteiger partial charge in [-0.2, -0.15) is 0 Å².